The van der Waals surface area contributed by atoms with E-state index in [0.29, 0.717) is 25.4 Å². The highest BCUT2D eigenvalue weighted by Gasteiger charge is 2.47. The van der Waals surface area contributed by atoms with Gasteiger partial charge in [0.1, 0.15) is 0 Å². The first kappa shape index (κ1) is 14.3. The second-order valence-corrected chi connectivity index (χ2v) is 8.48. The maximum atomic E-state index is 12.8. The highest BCUT2D eigenvalue weighted by molar-refractivity contribution is 7.86. The molecule has 4 atom stereocenters. The van der Waals surface area contributed by atoms with Crippen LogP contribution in [0.5, 0.6) is 0 Å². The van der Waals surface area contributed by atoms with Gasteiger partial charge in [0.15, 0.2) is 0 Å². The zero-order chi connectivity index (χ0) is 14.5. The molecule has 3 rings (SSSR count). The minimum atomic E-state index is -3.49. The van der Waals surface area contributed by atoms with E-state index < -0.39 is 22.1 Å². The van der Waals surface area contributed by atoms with Gasteiger partial charge in [-0.3, -0.25) is 4.79 Å². The zero-order valence-corrected chi connectivity index (χ0v) is 12.6. The summed E-state index contributed by atoms with van der Waals surface area (Å²) in [5.74, 6) is -0.861. The number of fused-ring (bicyclic) bond motifs is 2. The Kier molecular flexibility index (Phi) is 3.54. The highest BCUT2D eigenvalue weighted by atomic mass is 32.2. The Balaban J connectivity index is 1.78. The van der Waals surface area contributed by atoms with Crippen LogP contribution in [0.3, 0.4) is 0 Å². The number of rotatable bonds is 3. The normalized spacial score (nSPS) is 39.2. The third-order valence-corrected chi connectivity index (χ3v) is 6.95. The number of carboxylic acid groups (broad SMARTS) is 1. The summed E-state index contributed by atoms with van der Waals surface area (Å²) in [6.45, 7) is 3.11. The molecule has 2 heterocycles. The van der Waals surface area contributed by atoms with Crippen molar-refractivity contribution in [2.75, 3.05) is 19.6 Å². The van der Waals surface area contributed by atoms with Gasteiger partial charge in [-0.2, -0.15) is 17.0 Å². The lowest BCUT2D eigenvalue weighted by molar-refractivity contribution is -0.143. The van der Waals surface area contributed by atoms with Crippen LogP contribution < -0.4 is 0 Å². The van der Waals surface area contributed by atoms with Crippen molar-refractivity contribution in [3.63, 3.8) is 0 Å². The molecule has 20 heavy (non-hydrogen) atoms. The predicted molar refractivity (Wildman–Crippen MR) is 73.2 cm³/mol. The molecule has 6 nitrogen and oxygen atoms in total. The van der Waals surface area contributed by atoms with Crippen molar-refractivity contribution in [2.24, 2.45) is 17.8 Å². The molecule has 0 radical (unpaired) electrons. The fourth-order valence-corrected chi connectivity index (χ4v) is 6.06. The minimum absolute atomic E-state index is 0.0967. The van der Waals surface area contributed by atoms with Gasteiger partial charge in [0.2, 0.25) is 0 Å². The molecule has 2 saturated heterocycles. The monoisotopic (exact) mass is 302 g/mol. The molecule has 0 aromatic carbocycles. The molecule has 1 N–H and O–H groups in total. The first-order valence-corrected chi connectivity index (χ1v) is 8.77. The van der Waals surface area contributed by atoms with Crippen LogP contribution in [0.15, 0.2) is 0 Å². The summed E-state index contributed by atoms with van der Waals surface area (Å²) in [7, 11) is -3.49. The first-order chi connectivity index (χ1) is 9.38. The third kappa shape index (κ3) is 2.35. The molecular formula is C13H22N2O4S. The lowest BCUT2D eigenvalue weighted by atomic mass is 9.92. The smallest absolute Gasteiger partial charge is 0.307 e. The van der Waals surface area contributed by atoms with Gasteiger partial charge in [0.05, 0.1) is 5.92 Å². The van der Waals surface area contributed by atoms with Gasteiger partial charge in [-0.05, 0) is 37.5 Å². The Morgan fingerprint density at radius 2 is 1.90 bits per heavy atom. The third-order valence-electron chi connectivity index (χ3n) is 4.96. The van der Waals surface area contributed by atoms with Crippen LogP contribution in [0.2, 0.25) is 0 Å². The van der Waals surface area contributed by atoms with Gasteiger partial charge in [0, 0.05) is 25.7 Å². The number of hydrogen-bond acceptors (Lipinski definition) is 3. The Morgan fingerprint density at radius 1 is 1.15 bits per heavy atom. The highest BCUT2D eigenvalue weighted by Crippen LogP contribution is 2.40. The fraction of sp³-hybridized carbons (Fsp3) is 0.923. The van der Waals surface area contributed by atoms with Crippen LogP contribution in [0.1, 0.15) is 32.6 Å². The second-order valence-electron chi connectivity index (χ2n) is 6.60. The summed E-state index contributed by atoms with van der Waals surface area (Å²) >= 11 is 0. The summed E-state index contributed by atoms with van der Waals surface area (Å²) in [6, 6.07) is 0.144. The van der Waals surface area contributed by atoms with Crippen molar-refractivity contribution >= 4 is 16.2 Å². The van der Waals surface area contributed by atoms with Gasteiger partial charge in [0.25, 0.3) is 10.2 Å². The molecule has 1 saturated carbocycles. The van der Waals surface area contributed by atoms with Gasteiger partial charge in [-0.15, -0.1) is 0 Å². The van der Waals surface area contributed by atoms with Crippen LogP contribution >= 0.6 is 0 Å². The molecule has 0 amide bonds. The molecule has 2 aliphatic heterocycles. The van der Waals surface area contributed by atoms with Gasteiger partial charge < -0.3 is 5.11 Å². The molecule has 3 aliphatic rings. The molecule has 0 aromatic rings. The molecule has 114 valence electrons. The largest absolute Gasteiger partial charge is 0.481 e. The van der Waals surface area contributed by atoms with Gasteiger partial charge in [-0.1, -0.05) is 6.92 Å². The van der Waals surface area contributed by atoms with E-state index in [2.05, 4.69) is 0 Å². The number of aliphatic carboxylic acids is 1. The number of nitrogens with zero attached hydrogens (tertiary/aromatic N) is 2. The van der Waals surface area contributed by atoms with E-state index in [1.807, 2.05) is 6.92 Å². The second kappa shape index (κ2) is 4.96. The van der Waals surface area contributed by atoms with Crippen molar-refractivity contribution < 1.29 is 18.3 Å². The fourth-order valence-electron chi connectivity index (χ4n) is 3.98. The van der Waals surface area contributed by atoms with Crippen LogP contribution in [-0.2, 0) is 15.0 Å². The van der Waals surface area contributed by atoms with Gasteiger partial charge in [-0.25, -0.2) is 0 Å². The quantitative estimate of drug-likeness (QED) is 0.835. The number of hydrogen-bond donors (Lipinski definition) is 1. The van der Waals surface area contributed by atoms with Crippen molar-refractivity contribution in [3.05, 3.63) is 0 Å². The topological polar surface area (TPSA) is 77.9 Å². The molecule has 0 spiro atoms. The van der Waals surface area contributed by atoms with E-state index >= 15 is 0 Å². The van der Waals surface area contributed by atoms with Gasteiger partial charge >= 0.3 is 5.97 Å². The first-order valence-electron chi connectivity index (χ1n) is 7.37. The molecule has 2 bridgehead atoms. The SMILES string of the molecule is CC1CC(C(=O)O)CN(S(=O)(=O)N2CC3CCC2C3)C1. The van der Waals surface area contributed by atoms with E-state index in [-0.39, 0.29) is 18.5 Å². The number of piperidine rings is 2. The van der Waals surface area contributed by atoms with Crippen LogP contribution in [-0.4, -0.2) is 53.8 Å². The van der Waals surface area contributed by atoms with Crippen molar-refractivity contribution in [3.8, 4) is 0 Å². The summed E-state index contributed by atoms with van der Waals surface area (Å²) in [5.41, 5.74) is 0. The van der Waals surface area contributed by atoms with E-state index in [9.17, 15) is 18.3 Å². The summed E-state index contributed by atoms with van der Waals surface area (Å²) in [6.07, 6.45) is 3.62. The van der Waals surface area contributed by atoms with Crippen LogP contribution in [0, 0.1) is 17.8 Å². The van der Waals surface area contributed by atoms with E-state index in [1.54, 1.807) is 4.31 Å². The maximum Gasteiger partial charge on any atom is 0.307 e. The average Bonchev–Trinajstić information content (AvgIpc) is 3.00. The lowest BCUT2D eigenvalue weighted by Crippen LogP contribution is -2.52. The Labute approximate surface area is 119 Å². The number of carboxylic acids is 1. The zero-order valence-electron chi connectivity index (χ0n) is 11.7. The van der Waals surface area contributed by atoms with Crippen molar-refractivity contribution in [1.29, 1.82) is 0 Å². The van der Waals surface area contributed by atoms with Crippen molar-refractivity contribution in [1.82, 2.24) is 8.61 Å². The number of carbonyl (C=O) groups is 1. The van der Waals surface area contributed by atoms with E-state index in [4.69, 9.17) is 0 Å². The lowest BCUT2D eigenvalue weighted by Gasteiger charge is -2.38. The standard InChI is InChI=1S/C13H22N2O4S/c1-9-4-11(13(16)17)8-14(6-9)20(18,19)15-7-10-2-3-12(15)5-10/h9-12H,2-8H2,1H3,(H,16,17). The molecular weight excluding hydrogens is 280 g/mol. The summed E-state index contributed by atoms with van der Waals surface area (Å²) in [4.78, 5) is 11.2. The predicted octanol–water partition coefficient (Wildman–Crippen LogP) is 0.758. The maximum absolute atomic E-state index is 12.8. The molecule has 4 unspecified atom stereocenters. The summed E-state index contributed by atoms with van der Waals surface area (Å²) < 4.78 is 28.5. The average molecular weight is 302 g/mol. The molecule has 0 aromatic heterocycles. The van der Waals surface area contributed by atoms with Crippen LogP contribution in [0.25, 0.3) is 0 Å². The Bertz CT molecular complexity index is 507. The van der Waals surface area contributed by atoms with Crippen LogP contribution in [0.4, 0.5) is 0 Å². The van der Waals surface area contributed by atoms with E-state index in [0.717, 1.165) is 19.3 Å². The molecule has 1 aliphatic carbocycles. The van der Waals surface area contributed by atoms with E-state index in [1.165, 1.54) is 4.31 Å². The molecule has 7 heteroatoms. The van der Waals surface area contributed by atoms with Crippen molar-refractivity contribution in [2.45, 2.75) is 38.6 Å². The minimum Gasteiger partial charge on any atom is -0.481 e. The Morgan fingerprint density at radius 3 is 2.45 bits per heavy atom. The Hall–Kier alpha value is -0.660. The summed E-state index contributed by atoms with van der Waals surface area (Å²) in [5, 5.41) is 9.17. The molecule has 3 fully saturated rings.